The third kappa shape index (κ3) is 5.32. The highest BCUT2D eigenvalue weighted by Crippen LogP contribution is 2.20. The van der Waals surface area contributed by atoms with Gasteiger partial charge < -0.3 is 15.4 Å². The van der Waals surface area contributed by atoms with E-state index in [1.165, 1.54) is 0 Å². The number of rotatable bonds is 7. The van der Waals surface area contributed by atoms with Crippen LogP contribution in [0.4, 0.5) is 17.3 Å². The standard InChI is InChI=1S/C15H19BrN4O/c1-11-18-14(17-7-4-8-21-2)10-15(19-11)20-13-6-3-5-12(16)9-13/h3,5-6,9-10H,4,7-8H2,1-2H3,(H2,17,18,19,20). The molecule has 21 heavy (non-hydrogen) atoms. The number of halogens is 1. The Bertz CT molecular complexity index is 592. The number of aromatic nitrogens is 2. The first-order valence-corrected chi connectivity index (χ1v) is 7.58. The van der Waals surface area contributed by atoms with E-state index in [0.717, 1.165) is 47.2 Å². The fourth-order valence-corrected chi connectivity index (χ4v) is 2.27. The molecule has 2 N–H and O–H groups in total. The molecule has 112 valence electrons. The Morgan fingerprint density at radius 1 is 1.19 bits per heavy atom. The Morgan fingerprint density at radius 3 is 2.76 bits per heavy atom. The van der Waals surface area contributed by atoms with Crippen molar-refractivity contribution in [3.63, 3.8) is 0 Å². The van der Waals surface area contributed by atoms with Gasteiger partial charge in [-0.05, 0) is 31.5 Å². The minimum Gasteiger partial charge on any atom is -0.385 e. The normalized spacial score (nSPS) is 10.4. The quantitative estimate of drug-likeness (QED) is 0.745. The molecule has 0 aliphatic rings. The van der Waals surface area contributed by atoms with Crippen LogP contribution in [0.3, 0.4) is 0 Å². The second-order valence-corrected chi connectivity index (χ2v) is 5.51. The fourth-order valence-electron chi connectivity index (χ4n) is 1.87. The number of benzene rings is 1. The minimum atomic E-state index is 0.726. The molecule has 2 rings (SSSR count). The van der Waals surface area contributed by atoms with E-state index in [2.05, 4.69) is 36.5 Å². The van der Waals surface area contributed by atoms with Crippen LogP contribution in [0.25, 0.3) is 0 Å². The molecule has 2 aromatic rings. The summed E-state index contributed by atoms with van der Waals surface area (Å²) in [6, 6.07) is 9.86. The number of anilines is 3. The highest BCUT2D eigenvalue weighted by molar-refractivity contribution is 9.10. The van der Waals surface area contributed by atoms with Crippen LogP contribution in [-0.4, -0.2) is 30.2 Å². The second kappa shape index (κ2) is 7.95. The topological polar surface area (TPSA) is 59.1 Å². The lowest BCUT2D eigenvalue weighted by Crippen LogP contribution is -2.08. The summed E-state index contributed by atoms with van der Waals surface area (Å²) in [4.78, 5) is 8.78. The molecular formula is C15H19BrN4O. The van der Waals surface area contributed by atoms with E-state index in [1.54, 1.807) is 7.11 Å². The van der Waals surface area contributed by atoms with E-state index in [0.29, 0.717) is 0 Å². The molecule has 0 amide bonds. The maximum atomic E-state index is 5.03. The molecule has 6 heteroatoms. The largest absolute Gasteiger partial charge is 0.385 e. The maximum Gasteiger partial charge on any atom is 0.136 e. The Balaban J connectivity index is 2.04. The molecule has 1 heterocycles. The molecule has 0 unspecified atom stereocenters. The van der Waals surface area contributed by atoms with Crippen LogP contribution in [0.2, 0.25) is 0 Å². The number of hydrogen-bond acceptors (Lipinski definition) is 5. The predicted octanol–water partition coefficient (Wildman–Crippen LogP) is 3.74. The van der Waals surface area contributed by atoms with Gasteiger partial charge in [-0.15, -0.1) is 0 Å². The average molecular weight is 351 g/mol. The van der Waals surface area contributed by atoms with Crippen LogP contribution in [0.1, 0.15) is 12.2 Å². The van der Waals surface area contributed by atoms with Gasteiger partial charge >= 0.3 is 0 Å². The van der Waals surface area contributed by atoms with Gasteiger partial charge in [0.25, 0.3) is 0 Å². The van der Waals surface area contributed by atoms with Crippen molar-refractivity contribution in [2.24, 2.45) is 0 Å². The Kier molecular flexibility index (Phi) is 5.95. The number of hydrogen-bond donors (Lipinski definition) is 2. The van der Waals surface area contributed by atoms with Crippen molar-refractivity contribution in [3.8, 4) is 0 Å². The first kappa shape index (κ1) is 15.7. The number of methoxy groups -OCH3 is 1. The van der Waals surface area contributed by atoms with Crippen LogP contribution in [0.5, 0.6) is 0 Å². The zero-order chi connectivity index (χ0) is 15.1. The molecule has 0 fully saturated rings. The summed E-state index contributed by atoms with van der Waals surface area (Å²) in [7, 11) is 1.70. The predicted molar refractivity (Wildman–Crippen MR) is 89.2 cm³/mol. The Morgan fingerprint density at radius 2 is 2.00 bits per heavy atom. The van der Waals surface area contributed by atoms with Gasteiger partial charge in [-0.2, -0.15) is 0 Å². The lowest BCUT2D eigenvalue weighted by atomic mass is 10.3. The smallest absolute Gasteiger partial charge is 0.136 e. The fraction of sp³-hybridized carbons (Fsp3) is 0.333. The first-order valence-electron chi connectivity index (χ1n) is 6.78. The average Bonchev–Trinajstić information content (AvgIpc) is 2.43. The molecule has 0 atom stereocenters. The number of nitrogens with zero attached hydrogens (tertiary/aromatic N) is 2. The molecule has 1 aromatic heterocycles. The summed E-state index contributed by atoms with van der Waals surface area (Å²) >= 11 is 3.46. The van der Waals surface area contributed by atoms with Crippen LogP contribution in [0, 0.1) is 6.92 Å². The van der Waals surface area contributed by atoms with Gasteiger partial charge in [0.1, 0.15) is 17.5 Å². The van der Waals surface area contributed by atoms with Crippen molar-refractivity contribution in [2.75, 3.05) is 30.9 Å². The monoisotopic (exact) mass is 350 g/mol. The molecule has 0 spiro atoms. The van der Waals surface area contributed by atoms with Crippen molar-refractivity contribution >= 4 is 33.3 Å². The lowest BCUT2D eigenvalue weighted by Gasteiger charge is -2.10. The summed E-state index contributed by atoms with van der Waals surface area (Å²) in [5.74, 6) is 2.31. The molecular weight excluding hydrogens is 332 g/mol. The minimum absolute atomic E-state index is 0.726. The highest BCUT2D eigenvalue weighted by Gasteiger charge is 2.02. The molecule has 0 aliphatic carbocycles. The molecule has 5 nitrogen and oxygen atoms in total. The summed E-state index contributed by atoms with van der Waals surface area (Å²) in [5, 5.41) is 6.56. The van der Waals surface area contributed by atoms with Gasteiger partial charge in [0.15, 0.2) is 0 Å². The Hall–Kier alpha value is -1.66. The number of nitrogens with one attached hydrogen (secondary N) is 2. The van der Waals surface area contributed by atoms with E-state index in [9.17, 15) is 0 Å². The molecule has 0 saturated carbocycles. The summed E-state index contributed by atoms with van der Waals surface area (Å²) in [6.45, 7) is 3.44. The van der Waals surface area contributed by atoms with Crippen LogP contribution in [-0.2, 0) is 4.74 Å². The van der Waals surface area contributed by atoms with Crippen molar-refractivity contribution in [1.29, 1.82) is 0 Å². The SMILES string of the molecule is COCCCNc1cc(Nc2cccc(Br)c2)nc(C)n1. The van der Waals surface area contributed by atoms with E-state index < -0.39 is 0 Å². The van der Waals surface area contributed by atoms with Crippen molar-refractivity contribution in [1.82, 2.24) is 9.97 Å². The van der Waals surface area contributed by atoms with E-state index in [1.807, 2.05) is 37.3 Å². The second-order valence-electron chi connectivity index (χ2n) is 4.59. The molecule has 0 radical (unpaired) electrons. The van der Waals surface area contributed by atoms with E-state index in [4.69, 9.17) is 4.74 Å². The number of aryl methyl sites for hydroxylation is 1. The Labute approximate surface area is 133 Å². The van der Waals surface area contributed by atoms with Crippen molar-refractivity contribution < 1.29 is 4.74 Å². The van der Waals surface area contributed by atoms with Crippen LogP contribution >= 0.6 is 15.9 Å². The van der Waals surface area contributed by atoms with Gasteiger partial charge in [-0.3, -0.25) is 0 Å². The maximum absolute atomic E-state index is 5.03. The van der Waals surface area contributed by atoms with Gasteiger partial charge in [-0.25, -0.2) is 9.97 Å². The van der Waals surface area contributed by atoms with Crippen molar-refractivity contribution in [3.05, 3.63) is 40.6 Å². The summed E-state index contributed by atoms with van der Waals surface area (Å²) < 4.78 is 6.05. The lowest BCUT2D eigenvalue weighted by molar-refractivity contribution is 0.198. The zero-order valence-corrected chi connectivity index (χ0v) is 13.8. The van der Waals surface area contributed by atoms with Gasteiger partial charge in [0.05, 0.1) is 0 Å². The molecule has 0 saturated heterocycles. The van der Waals surface area contributed by atoms with Gasteiger partial charge in [-0.1, -0.05) is 22.0 Å². The zero-order valence-electron chi connectivity index (χ0n) is 12.2. The summed E-state index contributed by atoms with van der Waals surface area (Å²) in [6.07, 6.45) is 0.938. The van der Waals surface area contributed by atoms with Crippen molar-refractivity contribution in [2.45, 2.75) is 13.3 Å². The van der Waals surface area contributed by atoms with Crippen LogP contribution < -0.4 is 10.6 Å². The van der Waals surface area contributed by atoms with Gasteiger partial charge in [0, 0.05) is 36.5 Å². The molecule has 0 aliphatic heterocycles. The first-order chi connectivity index (χ1) is 10.2. The van der Waals surface area contributed by atoms with E-state index in [-0.39, 0.29) is 0 Å². The van der Waals surface area contributed by atoms with Crippen LogP contribution in [0.15, 0.2) is 34.8 Å². The molecule has 1 aromatic carbocycles. The molecule has 0 bridgehead atoms. The summed E-state index contributed by atoms with van der Waals surface area (Å²) in [5.41, 5.74) is 0.979. The van der Waals surface area contributed by atoms with Gasteiger partial charge in [0.2, 0.25) is 0 Å². The van der Waals surface area contributed by atoms with E-state index >= 15 is 0 Å². The third-order valence-electron chi connectivity index (χ3n) is 2.77. The number of ether oxygens (including phenoxy) is 1. The highest BCUT2D eigenvalue weighted by atomic mass is 79.9. The third-order valence-corrected chi connectivity index (χ3v) is 3.26.